The maximum absolute atomic E-state index is 12.3. The fourth-order valence-electron chi connectivity index (χ4n) is 3.42. The van der Waals surface area contributed by atoms with Crippen molar-refractivity contribution in [1.82, 2.24) is 10.6 Å². The number of carbonyl (C=O) groups excluding carboxylic acids is 2. The highest BCUT2D eigenvalue weighted by Gasteiger charge is 2.28. The summed E-state index contributed by atoms with van der Waals surface area (Å²) < 4.78 is 0. The lowest BCUT2D eigenvalue weighted by Gasteiger charge is -2.26. The molecule has 3 amide bonds. The first-order valence-electron chi connectivity index (χ1n) is 8.11. The van der Waals surface area contributed by atoms with Crippen LogP contribution in [-0.2, 0) is 11.2 Å². The SMILES string of the molecule is C[C@H](C(=O)NC(=O)NC1CCCC1)N1CCc2ccccc21. The molecule has 3 rings (SSSR count). The first-order valence-corrected chi connectivity index (χ1v) is 8.11. The summed E-state index contributed by atoms with van der Waals surface area (Å²) in [6, 6.07) is 7.62. The van der Waals surface area contributed by atoms with Gasteiger partial charge in [0.1, 0.15) is 6.04 Å². The molecule has 1 heterocycles. The Bertz CT molecular complexity index is 567. The predicted molar refractivity (Wildman–Crippen MR) is 85.9 cm³/mol. The number of carbonyl (C=O) groups is 2. The molecule has 0 unspecified atom stereocenters. The largest absolute Gasteiger partial charge is 0.359 e. The molecular formula is C17H23N3O2. The van der Waals surface area contributed by atoms with Crippen molar-refractivity contribution in [3.63, 3.8) is 0 Å². The van der Waals surface area contributed by atoms with Crippen LogP contribution in [0.5, 0.6) is 0 Å². The van der Waals surface area contributed by atoms with Crippen molar-refractivity contribution in [2.24, 2.45) is 0 Å². The van der Waals surface area contributed by atoms with Crippen molar-refractivity contribution in [2.45, 2.75) is 51.1 Å². The molecule has 1 saturated carbocycles. The third kappa shape index (κ3) is 3.08. The predicted octanol–water partition coefficient (Wildman–Crippen LogP) is 2.21. The van der Waals surface area contributed by atoms with Gasteiger partial charge < -0.3 is 10.2 Å². The van der Waals surface area contributed by atoms with E-state index >= 15 is 0 Å². The maximum atomic E-state index is 12.3. The van der Waals surface area contributed by atoms with Gasteiger partial charge in [0.2, 0.25) is 5.91 Å². The second-order valence-corrected chi connectivity index (χ2v) is 6.19. The minimum absolute atomic E-state index is 0.218. The highest BCUT2D eigenvalue weighted by atomic mass is 16.2. The molecule has 2 aliphatic rings. The molecule has 0 aromatic heterocycles. The summed E-state index contributed by atoms with van der Waals surface area (Å²) in [4.78, 5) is 26.3. The van der Waals surface area contributed by atoms with E-state index in [9.17, 15) is 9.59 Å². The van der Waals surface area contributed by atoms with Crippen LogP contribution in [0.4, 0.5) is 10.5 Å². The number of rotatable bonds is 3. The van der Waals surface area contributed by atoms with E-state index in [1.165, 1.54) is 5.56 Å². The molecule has 1 aromatic rings. The molecule has 1 aliphatic heterocycles. The van der Waals surface area contributed by atoms with Crippen LogP contribution in [0.1, 0.15) is 38.2 Å². The van der Waals surface area contributed by atoms with E-state index in [-0.39, 0.29) is 24.0 Å². The Morgan fingerprint density at radius 2 is 1.95 bits per heavy atom. The summed E-state index contributed by atoms with van der Waals surface area (Å²) in [6.45, 7) is 2.67. The summed E-state index contributed by atoms with van der Waals surface area (Å²) in [6.07, 6.45) is 5.27. The van der Waals surface area contributed by atoms with E-state index < -0.39 is 0 Å². The Balaban J connectivity index is 1.57. The van der Waals surface area contributed by atoms with Gasteiger partial charge in [-0.05, 0) is 37.8 Å². The fourth-order valence-corrected chi connectivity index (χ4v) is 3.42. The van der Waals surface area contributed by atoms with Gasteiger partial charge >= 0.3 is 6.03 Å². The van der Waals surface area contributed by atoms with Crippen LogP contribution in [-0.4, -0.2) is 30.6 Å². The number of imide groups is 1. The van der Waals surface area contributed by atoms with Crippen molar-refractivity contribution in [2.75, 3.05) is 11.4 Å². The van der Waals surface area contributed by atoms with E-state index in [2.05, 4.69) is 21.6 Å². The average Bonchev–Trinajstić information content (AvgIpc) is 3.15. The highest BCUT2D eigenvalue weighted by molar-refractivity contribution is 5.98. The molecule has 22 heavy (non-hydrogen) atoms. The number of hydrogen-bond donors (Lipinski definition) is 2. The number of nitrogens with zero attached hydrogens (tertiary/aromatic N) is 1. The van der Waals surface area contributed by atoms with Gasteiger partial charge in [-0.1, -0.05) is 31.0 Å². The van der Waals surface area contributed by atoms with Crippen LogP contribution < -0.4 is 15.5 Å². The van der Waals surface area contributed by atoms with Crippen molar-refractivity contribution < 1.29 is 9.59 Å². The summed E-state index contributed by atoms with van der Waals surface area (Å²) in [5.41, 5.74) is 2.36. The molecule has 2 N–H and O–H groups in total. The molecule has 1 fully saturated rings. The molecule has 5 nitrogen and oxygen atoms in total. The standard InChI is InChI=1S/C17H23N3O2/c1-12(20-11-10-13-6-2-5-9-15(13)20)16(21)19-17(22)18-14-7-3-4-8-14/h2,5-6,9,12,14H,3-4,7-8,10-11H2,1H3,(H2,18,19,21,22)/t12-/m1/s1. The zero-order valence-electron chi connectivity index (χ0n) is 13.0. The topological polar surface area (TPSA) is 61.4 Å². The summed E-state index contributed by atoms with van der Waals surface area (Å²) >= 11 is 0. The zero-order chi connectivity index (χ0) is 15.5. The quantitative estimate of drug-likeness (QED) is 0.900. The summed E-state index contributed by atoms with van der Waals surface area (Å²) in [7, 11) is 0. The van der Waals surface area contributed by atoms with Crippen molar-refractivity contribution in [3.8, 4) is 0 Å². The van der Waals surface area contributed by atoms with Gasteiger partial charge in [0.15, 0.2) is 0 Å². The summed E-state index contributed by atoms with van der Waals surface area (Å²) in [5.74, 6) is -0.243. The third-order valence-corrected chi connectivity index (χ3v) is 4.70. The summed E-state index contributed by atoms with van der Waals surface area (Å²) in [5, 5.41) is 5.37. The van der Waals surface area contributed by atoms with E-state index in [1.54, 1.807) is 0 Å². The lowest BCUT2D eigenvalue weighted by Crippen LogP contribution is -2.50. The Morgan fingerprint density at radius 1 is 1.23 bits per heavy atom. The number of urea groups is 1. The molecular weight excluding hydrogens is 278 g/mol. The number of nitrogens with one attached hydrogen (secondary N) is 2. The van der Waals surface area contributed by atoms with Gasteiger partial charge in [-0.2, -0.15) is 0 Å². The Hall–Kier alpha value is -2.04. The van der Waals surface area contributed by atoms with E-state index in [0.29, 0.717) is 0 Å². The molecule has 1 atom stereocenters. The Kier molecular flexibility index (Phi) is 4.32. The van der Waals surface area contributed by atoms with Crippen LogP contribution in [0.2, 0.25) is 0 Å². The van der Waals surface area contributed by atoms with E-state index in [0.717, 1.165) is 44.3 Å². The monoisotopic (exact) mass is 301 g/mol. The van der Waals surface area contributed by atoms with Crippen LogP contribution >= 0.6 is 0 Å². The fraction of sp³-hybridized carbons (Fsp3) is 0.529. The molecule has 0 bridgehead atoms. The van der Waals surface area contributed by atoms with E-state index in [1.807, 2.05) is 25.1 Å². The van der Waals surface area contributed by atoms with Crippen LogP contribution in [0.15, 0.2) is 24.3 Å². The number of amides is 3. The second-order valence-electron chi connectivity index (χ2n) is 6.19. The molecule has 0 spiro atoms. The van der Waals surface area contributed by atoms with Gasteiger partial charge in [-0.3, -0.25) is 10.1 Å². The molecule has 1 aromatic carbocycles. The number of fused-ring (bicyclic) bond motifs is 1. The van der Waals surface area contributed by atoms with Crippen LogP contribution in [0.25, 0.3) is 0 Å². The maximum Gasteiger partial charge on any atom is 0.321 e. The van der Waals surface area contributed by atoms with Crippen LogP contribution in [0.3, 0.4) is 0 Å². The molecule has 0 saturated heterocycles. The lowest BCUT2D eigenvalue weighted by molar-refractivity contribution is -0.120. The molecule has 118 valence electrons. The minimum atomic E-state index is -0.365. The van der Waals surface area contributed by atoms with Crippen LogP contribution in [0, 0.1) is 0 Å². The third-order valence-electron chi connectivity index (χ3n) is 4.70. The normalized spacial score (nSPS) is 18.9. The van der Waals surface area contributed by atoms with Crippen molar-refractivity contribution >= 4 is 17.6 Å². The Labute approximate surface area is 131 Å². The van der Waals surface area contributed by atoms with Gasteiger partial charge in [0, 0.05) is 18.3 Å². The molecule has 1 aliphatic carbocycles. The van der Waals surface area contributed by atoms with Crippen molar-refractivity contribution in [3.05, 3.63) is 29.8 Å². The number of para-hydroxylation sites is 1. The van der Waals surface area contributed by atoms with Crippen molar-refractivity contribution in [1.29, 1.82) is 0 Å². The number of hydrogen-bond acceptors (Lipinski definition) is 3. The smallest absolute Gasteiger partial charge is 0.321 e. The number of anilines is 1. The molecule has 0 radical (unpaired) electrons. The van der Waals surface area contributed by atoms with Gasteiger partial charge in [-0.15, -0.1) is 0 Å². The average molecular weight is 301 g/mol. The first-order chi connectivity index (χ1) is 10.6. The first kappa shape index (κ1) is 14.9. The molecule has 5 heteroatoms. The Morgan fingerprint density at radius 3 is 2.73 bits per heavy atom. The number of benzene rings is 1. The minimum Gasteiger partial charge on any atom is -0.359 e. The van der Waals surface area contributed by atoms with E-state index in [4.69, 9.17) is 0 Å². The second kappa shape index (κ2) is 6.38. The van der Waals surface area contributed by atoms with Gasteiger partial charge in [0.25, 0.3) is 0 Å². The van der Waals surface area contributed by atoms with Gasteiger partial charge in [0.05, 0.1) is 0 Å². The highest BCUT2D eigenvalue weighted by Crippen LogP contribution is 2.29. The van der Waals surface area contributed by atoms with Gasteiger partial charge in [-0.25, -0.2) is 4.79 Å². The lowest BCUT2D eigenvalue weighted by atomic mass is 10.1. The zero-order valence-corrected chi connectivity index (χ0v) is 13.0.